The molecule has 0 unspecified atom stereocenters. The third-order valence-corrected chi connectivity index (χ3v) is 10.3. The van der Waals surface area contributed by atoms with Crippen LogP contribution in [-0.2, 0) is 40.4 Å². The number of allylic oxidation sites excluding steroid dienone is 2. The molecule has 51 heavy (non-hydrogen) atoms. The minimum absolute atomic E-state index is 0.0335. The monoisotopic (exact) mass is 724 g/mol. The first-order valence-electron chi connectivity index (χ1n) is 16.6. The Morgan fingerprint density at radius 3 is 2.41 bits per heavy atom. The number of hydrogen-bond donors (Lipinski definition) is 4. The van der Waals surface area contributed by atoms with Crippen LogP contribution in [0.15, 0.2) is 66.2 Å². The second-order valence-electron chi connectivity index (χ2n) is 12.0. The van der Waals surface area contributed by atoms with Crippen molar-refractivity contribution in [1.82, 2.24) is 19.6 Å². The molecule has 1 saturated heterocycles. The van der Waals surface area contributed by atoms with E-state index in [-0.39, 0.29) is 61.7 Å². The molecular weight excluding hydrogens is 680 g/mol. The smallest absolute Gasteiger partial charge is 0.318 e. The Kier molecular flexibility index (Phi) is 13.5. The lowest BCUT2D eigenvalue weighted by Gasteiger charge is -2.22. The highest BCUT2D eigenvalue weighted by Gasteiger charge is 2.27. The van der Waals surface area contributed by atoms with Crippen LogP contribution < -0.4 is 21.7 Å². The maximum Gasteiger partial charge on any atom is 0.318 e. The number of aromatic nitrogens is 2. The molecule has 0 aliphatic carbocycles. The average Bonchev–Trinajstić information content (AvgIpc) is 3.13. The van der Waals surface area contributed by atoms with Crippen LogP contribution in [0, 0.1) is 5.92 Å². The van der Waals surface area contributed by atoms with Crippen molar-refractivity contribution in [2.24, 2.45) is 11.8 Å². The highest BCUT2D eigenvalue weighted by molar-refractivity contribution is 7.89. The molecule has 6 rings (SSSR count). The molecule has 1 fully saturated rings. The number of sulfonamides is 1. The second-order valence-corrected chi connectivity index (χ2v) is 13.9. The van der Waals surface area contributed by atoms with Gasteiger partial charge in [0.2, 0.25) is 10.0 Å². The van der Waals surface area contributed by atoms with Crippen LogP contribution in [-0.4, -0.2) is 99.6 Å². The van der Waals surface area contributed by atoms with E-state index in [1.807, 2.05) is 18.2 Å². The van der Waals surface area contributed by atoms with Crippen molar-refractivity contribution >= 4 is 33.1 Å². The third-order valence-electron chi connectivity index (χ3n) is 8.44. The minimum Gasteiger partial charge on any atom is -0.491 e. The molecule has 3 aromatic rings. The number of ether oxygens (including phenoxy) is 4. The highest BCUT2D eigenvalue weighted by atomic mass is 32.2. The average molecular weight is 725 g/mol. The predicted molar refractivity (Wildman–Crippen MR) is 189 cm³/mol. The number of anilines is 1. The fourth-order valence-corrected chi connectivity index (χ4v) is 6.97. The molecule has 6 bridgehead atoms. The van der Waals surface area contributed by atoms with Gasteiger partial charge < -0.3 is 39.9 Å². The summed E-state index contributed by atoms with van der Waals surface area (Å²) in [7, 11) is -4.18. The van der Waals surface area contributed by atoms with Gasteiger partial charge in [0.05, 0.1) is 43.2 Å². The van der Waals surface area contributed by atoms with Gasteiger partial charge >= 0.3 is 5.97 Å². The number of rotatable bonds is 7. The molecule has 1 aromatic heterocycles. The number of carboxylic acid groups (broad SMARTS) is 1. The normalized spacial score (nSPS) is 19.3. The molecule has 3 aliphatic heterocycles. The minimum atomic E-state index is -4.18. The van der Waals surface area contributed by atoms with Gasteiger partial charge in [-0.25, -0.2) is 18.4 Å². The van der Waals surface area contributed by atoms with E-state index in [4.69, 9.17) is 35.4 Å². The number of nitrogens with two attached hydrogens (primary N) is 2. The van der Waals surface area contributed by atoms with Crippen molar-refractivity contribution in [3.05, 3.63) is 78.1 Å². The van der Waals surface area contributed by atoms with Crippen molar-refractivity contribution in [2.75, 3.05) is 71.6 Å². The fourth-order valence-electron chi connectivity index (χ4n) is 5.60. The fraction of sp³-hybridized carbons (Fsp3) is 0.400. The Bertz CT molecular complexity index is 1800. The molecule has 3 aliphatic rings. The maximum atomic E-state index is 13.4. The number of carboxylic acids is 1. The summed E-state index contributed by atoms with van der Waals surface area (Å²) >= 11 is 0. The zero-order valence-corrected chi connectivity index (χ0v) is 29.1. The van der Waals surface area contributed by atoms with Gasteiger partial charge in [0.1, 0.15) is 18.9 Å². The molecule has 6 N–H and O–H groups in total. The van der Waals surface area contributed by atoms with Gasteiger partial charge in [0, 0.05) is 37.4 Å². The Hall–Kier alpha value is -4.42. The predicted octanol–water partition coefficient (Wildman–Crippen LogP) is 2.69. The topological polar surface area (TPSA) is 211 Å². The maximum absolute atomic E-state index is 13.4. The summed E-state index contributed by atoms with van der Waals surface area (Å²) in [5.74, 6) is 5.76. The number of nitrogen functional groups attached to an aromatic ring is 1. The molecule has 2 aromatic carbocycles. The van der Waals surface area contributed by atoms with Crippen molar-refractivity contribution in [2.45, 2.75) is 24.3 Å². The van der Waals surface area contributed by atoms with Crippen LogP contribution in [0.1, 0.15) is 29.7 Å². The Morgan fingerprint density at radius 1 is 1.00 bits per heavy atom. The van der Waals surface area contributed by atoms with Crippen molar-refractivity contribution < 1.29 is 42.1 Å². The Balaban J connectivity index is 1.44. The first-order valence-corrected chi connectivity index (χ1v) is 18.0. The van der Waals surface area contributed by atoms with Crippen molar-refractivity contribution in [1.29, 1.82) is 0 Å². The summed E-state index contributed by atoms with van der Waals surface area (Å²) in [4.78, 5) is 25.5. The van der Waals surface area contributed by atoms with Gasteiger partial charge in [-0.3, -0.25) is 4.79 Å². The van der Waals surface area contributed by atoms with Gasteiger partial charge in [-0.2, -0.15) is 10.2 Å². The van der Waals surface area contributed by atoms with Gasteiger partial charge in [-0.1, -0.05) is 30.8 Å². The quantitative estimate of drug-likeness (QED) is 0.204. The molecule has 4 heterocycles. The molecule has 16 heteroatoms. The lowest BCUT2D eigenvalue weighted by molar-refractivity contribution is -0.137. The van der Waals surface area contributed by atoms with Gasteiger partial charge in [0.15, 0.2) is 17.3 Å². The molecule has 0 radical (unpaired) electrons. The SMILES string of the molecule is C=C1/C=C(\ON)c2nc(cnc2N)-c2ccc(cc2)S(=O)(=O)N(CC(=O)O)CCOCCOCCOc2cc1ccc2CNCC1CCOCC1. The van der Waals surface area contributed by atoms with Crippen LogP contribution in [0.25, 0.3) is 22.6 Å². The van der Waals surface area contributed by atoms with E-state index in [0.717, 1.165) is 48.0 Å². The van der Waals surface area contributed by atoms with Crippen LogP contribution in [0.2, 0.25) is 0 Å². The molecule has 0 spiro atoms. The van der Waals surface area contributed by atoms with Crippen LogP contribution in [0.3, 0.4) is 0 Å². The first kappa shape index (κ1) is 37.8. The number of nitrogens with zero attached hydrogens (tertiary/aromatic N) is 3. The summed E-state index contributed by atoms with van der Waals surface area (Å²) in [6.45, 7) is 7.22. The zero-order valence-electron chi connectivity index (χ0n) is 28.3. The van der Waals surface area contributed by atoms with Crippen LogP contribution in [0.4, 0.5) is 5.82 Å². The Labute approximate surface area is 297 Å². The molecule has 15 nitrogen and oxygen atoms in total. The van der Waals surface area contributed by atoms with Crippen molar-refractivity contribution in [3.63, 3.8) is 0 Å². The highest BCUT2D eigenvalue weighted by Crippen LogP contribution is 2.30. The van der Waals surface area contributed by atoms with E-state index in [1.54, 1.807) is 6.08 Å². The largest absolute Gasteiger partial charge is 0.491 e. The standard InChI is InChI=1S/C35H44N6O9S/c1-24-18-32(50-37)34-35(36)39-22-30(40-34)26-4-6-29(7-5-26)51(44,45)41(23-33(42)43)10-13-47-14-15-48-16-17-49-31-19-27(24)2-3-28(31)21-38-20-25-8-11-46-12-9-25/h2-7,18-19,22,25,38H,1,8-17,20-21,23,37H2,(H2,36,39)(H,42,43)/b32-18-. The number of benzene rings is 2. The number of aliphatic carboxylic acids is 1. The van der Waals surface area contributed by atoms with E-state index in [1.165, 1.54) is 30.5 Å². The van der Waals surface area contributed by atoms with Gasteiger partial charge in [0.25, 0.3) is 0 Å². The third kappa shape index (κ3) is 10.3. The van der Waals surface area contributed by atoms with Gasteiger partial charge in [-0.05, 0) is 60.7 Å². The van der Waals surface area contributed by atoms with Gasteiger partial charge in [-0.15, -0.1) is 0 Å². The zero-order chi connectivity index (χ0) is 36.2. The molecular formula is C35H44N6O9S. The summed E-state index contributed by atoms with van der Waals surface area (Å²) in [5, 5.41) is 13.0. The van der Waals surface area contributed by atoms with E-state index < -0.39 is 22.5 Å². The Morgan fingerprint density at radius 2 is 1.69 bits per heavy atom. The lowest BCUT2D eigenvalue weighted by atomic mass is 10.00. The number of carbonyl (C=O) groups is 1. The summed E-state index contributed by atoms with van der Waals surface area (Å²) in [6, 6.07) is 11.6. The van der Waals surface area contributed by atoms with Crippen LogP contribution >= 0.6 is 0 Å². The number of fused-ring (bicyclic) bond motifs is 13. The first-order chi connectivity index (χ1) is 24.7. The van der Waals surface area contributed by atoms with E-state index in [2.05, 4.69) is 21.9 Å². The number of hydrogen-bond acceptors (Lipinski definition) is 13. The molecule has 0 atom stereocenters. The van der Waals surface area contributed by atoms with Crippen molar-refractivity contribution in [3.8, 4) is 17.0 Å². The molecule has 274 valence electrons. The van der Waals surface area contributed by atoms with E-state index >= 15 is 0 Å². The lowest BCUT2D eigenvalue weighted by Crippen LogP contribution is -2.38. The molecule has 0 saturated carbocycles. The van der Waals surface area contributed by atoms with Crippen LogP contribution in [0.5, 0.6) is 5.75 Å². The summed E-state index contributed by atoms with van der Waals surface area (Å²) < 4.78 is 50.6. The molecule has 0 amide bonds. The summed E-state index contributed by atoms with van der Waals surface area (Å²) in [5.41, 5.74) is 9.47. The summed E-state index contributed by atoms with van der Waals surface area (Å²) in [6.07, 6.45) is 5.09. The van der Waals surface area contributed by atoms with E-state index in [0.29, 0.717) is 35.0 Å². The number of nitrogens with one attached hydrogen (secondary N) is 1. The van der Waals surface area contributed by atoms with E-state index in [9.17, 15) is 18.3 Å². The second kappa shape index (κ2) is 18.2.